The van der Waals surface area contributed by atoms with Crippen LogP contribution in [0.3, 0.4) is 0 Å². The van der Waals surface area contributed by atoms with Gasteiger partial charge in [0.1, 0.15) is 5.58 Å². The van der Waals surface area contributed by atoms with Gasteiger partial charge in [0.05, 0.1) is 16.8 Å². The molecule has 15 rings (SSSR count). The molecule has 2 aliphatic carbocycles. The maximum absolute atomic E-state index is 6.78. The summed E-state index contributed by atoms with van der Waals surface area (Å²) in [6.45, 7) is 0. The van der Waals surface area contributed by atoms with Gasteiger partial charge in [0.2, 0.25) is 0 Å². The molecule has 12 aromatic carbocycles. The van der Waals surface area contributed by atoms with E-state index >= 15 is 0 Å². The fourth-order valence-corrected chi connectivity index (χ4v) is 12.3. The van der Waals surface area contributed by atoms with E-state index in [0.29, 0.717) is 0 Å². The molecule has 13 aromatic rings. The normalized spacial score (nSPS) is 14.2. The van der Waals surface area contributed by atoms with E-state index in [2.05, 4.69) is 271 Å². The van der Waals surface area contributed by atoms with Crippen molar-refractivity contribution in [3.63, 3.8) is 0 Å². The first kappa shape index (κ1) is 40.4. The van der Waals surface area contributed by atoms with Crippen LogP contribution in [0.1, 0.15) is 22.3 Å². The predicted molar refractivity (Wildman–Crippen MR) is 300 cm³/mol. The van der Waals surface area contributed by atoms with Crippen molar-refractivity contribution in [1.82, 2.24) is 0 Å². The highest BCUT2D eigenvalue weighted by Gasteiger charge is 2.52. The molecule has 0 bridgehead atoms. The van der Waals surface area contributed by atoms with E-state index in [0.717, 1.165) is 56.1 Å². The molecule has 0 aliphatic heterocycles. The lowest BCUT2D eigenvalue weighted by atomic mass is 9.70. The molecule has 1 unspecified atom stereocenters. The Kier molecular flexibility index (Phi) is 8.87. The summed E-state index contributed by atoms with van der Waals surface area (Å²) in [6, 6.07) is 98.1. The summed E-state index contributed by atoms with van der Waals surface area (Å²) in [5.41, 5.74) is 19.9. The monoisotopic (exact) mass is 916 g/mol. The third kappa shape index (κ3) is 5.92. The van der Waals surface area contributed by atoms with Crippen molar-refractivity contribution in [1.29, 1.82) is 0 Å². The zero-order valence-corrected chi connectivity index (χ0v) is 39.2. The number of fused-ring (bicyclic) bond motifs is 15. The zero-order chi connectivity index (χ0) is 47.3. The van der Waals surface area contributed by atoms with Crippen LogP contribution in [0.2, 0.25) is 0 Å². The molecule has 3 heteroatoms. The Morgan fingerprint density at radius 3 is 1.47 bits per heavy atom. The van der Waals surface area contributed by atoms with Gasteiger partial charge in [-0.25, -0.2) is 0 Å². The number of nitrogens with zero attached hydrogens (tertiary/aromatic N) is 2. The Morgan fingerprint density at radius 1 is 0.278 bits per heavy atom. The van der Waals surface area contributed by atoms with Crippen molar-refractivity contribution in [2.75, 3.05) is 9.80 Å². The summed E-state index contributed by atoms with van der Waals surface area (Å²) >= 11 is 0. The van der Waals surface area contributed by atoms with Crippen molar-refractivity contribution < 1.29 is 4.42 Å². The lowest BCUT2D eigenvalue weighted by Crippen LogP contribution is -2.26. The molecule has 1 spiro atoms. The van der Waals surface area contributed by atoms with Gasteiger partial charge in [-0.3, -0.25) is 0 Å². The quantitative estimate of drug-likeness (QED) is 0.159. The summed E-state index contributed by atoms with van der Waals surface area (Å²) < 4.78 is 6.78. The molecule has 1 aromatic heterocycles. The maximum atomic E-state index is 6.78. The summed E-state index contributed by atoms with van der Waals surface area (Å²) in [7, 11) is 0. The molecule has 72 heavy (non-hydrogen) atoms. The van der Waals surface area contributed by atoms with Crippen molar-refractivity contribution in [2.45, 2.75) is 5.41 Å². The van der Waals surface area contributed by atoms with Crippen LogP contribution in [-0.2, 0) is 5.41 Å². The average Bonchev–Trinajstić information content (AvgIpc) is 4.08. The largest absolute Gasteiger partial charge is 0.454 e. The third-order valence-electron chi connectivity index (χ3n) is 15.4. The second kappa shape index (κ2) is 15.8. The highest BCUT2D eigenvalue weighted by Crippen LogP contribution is 2.64. The molecule has 0 amide bonds. The molecule has 336 valence electrons. The molecule has 0 N–H and O–H groups in total. The number of para-hydroxylation sites is 3. The number of rotatable bonds is 7. The van der Waals surface area contributed by atoms with E-state index in [-0.39, 0.29) is 0 Å². The van der Waals surface area contributed by atoms with Crippen LogP contribution >= 0.6 is 0 Å². The van der Waals surface area contributed by atoms with Gasteiger partial charge in [0.25, 0.3) is 0 Å². The van der Waals surface area contributed by atoms with Crippen LogP contribution in [0.5, 0.6) is 0 Å². The molecule has 0 saturated heterocycles. The molecular weight excluding hydrogens is 873 g/mol. The molecule has 1 atom stereocenters. The molecule has 1 heterocycles. The second-order valence-corrected chi connectivity index (χ2v) is 19.2. The average molecular weight is 917 g/mol. The van der Waals surface area contributed by atoms with Gasteiger partial charge in [0.15, 0.2) is 5.58 Å². The van der Waals surface area contributed by atoms with E-state index in [1.807, 2.05) is 6.07 Å². The van der Waals surface area contributed by atoms with Crippen molar-refractivity contribution >= 4 is 77.6 Å². The highest BCUT2D eigenvalue weighted by molar-refractivity contribution is 6.10. The van der Waals surface area contributed by atoms with E-state index in [1.165, 1.54) is 77.2 Å². The Hall–Kier alpha value is -9.44. The Labute approximate surface area is 417 Å². The summed E-state index contributed by atoms with van der Waals surface area (Å²) in [4.78, 5) is 4.88. The number of hydrogen-bond donors (Lipinski definition) is 0. The van der Waals surface area contributed by atoms with Gasteiger partial charge < -0.3 is 14.2 Å². The van der Waals surface area contributed by atoms with E-state index < -0.39 is 5.41 Å². The van der Waals surface area contributed by atoms with E-state index in [4.69, 9.17) is 4.42 Å². The number of anilines is 6. The first-order valence-corrected chi connectivity index (χ1v) is 24.8. The SMILES string of the molecule is c1ccc(-c2cc3ccccc3cc2N(c2ccc3c(c2)C2(c4ccccc4-3)c3ccccc3-c3ccc(N(c4ccccc4)c4cccc5c4oc4ccccc45)cc32)c2ccc3ccccc3c2)cc1. The molecule has 0 saturated carbocycles. The molecule has 2 aliphatic rings. The number of benzene rings is 12. The van der Waals surface area contributed by atoms with E-state index in [9.17, 15) is 0 Å². The molecule has 0 radical (unpaired) electrons. The Morgan fingerprint density at radius 2 is 0.778 bits per heavy atom. The van der Waals surface area contributed by atoms with Crippen LogP contribution in [0.25, 0.3) is 76.9 Å². The zero-order valence-electron chi connectivity index (χ0n) is 39.2. The lowest BCUT2D eigenvalue weighted by Gasteiger charge is -2.34. The van der Waals surface area contributed by atoms with Gasteiger partial charge in [-0.2, -0.15) is 0 Å². The van der Waals surface area contributed by atoms with Gasteiger partial charge in [-0.15, -0.1) is 0 Å². The van der Waals surface area contributed by atoms with Crippen LogP contribution < -0.4 is 9.80 Å². The second-order valence-electron chi connectivity index (χ2n) is 19.2. The summed E-state index contributed by atoms with van der Waals surface area (Å²) in [6.07, 6.45) is 0. The number of hydrogen-bond acceptors (Lipinski definition) is 3. The van der Waals surface area contributed by atoms with Crippen molar-refractivity contribution in [3.05, 3.63) is 289 Å². The predicted octanol–water partition coefficient (Wildman–Crippen LogP) is 18.8. The van der Waals surface area contributed by atoms with Crippen LogP contribution in [0.15, 0.2) is 271 Å². The first-order chi connectivity index (χ1) is 35.7. The molecular formula is C69H44N2O. The van der Waals surface area contributed by atoms with Crippen molar-refractivity contribution in [3.8, 4) is 33.4 Å². The van der Waals surface area contributed by atoms with Gasteiger partial charge in [-0.05, 0) is 144 Å². The molecule has 3 nitrogen and oxygen atoms in total. The fraction of sp³-hybridized carbons (Fsp3) is 0.0145. The van der Waals surface area contributed by atoms with Crippen LogP contribution in [-0.4, -0.2) is 0 Å². The minimum atomic E-state index is -0.641. The lowest BCUT2D eigenvalue weighted by molar-refractivity contribution is 0.669. The summed E-state index contributed by atoms with van der Waals surface area (Å²) in [5.74, 6) is 0. The van der Waals surface area contributed by atoms with Crippen LogP contribution in [0, 0.1) is 0 Å². The summed E-state index contributed by atoms with van der Waals surface area (Å²) in [5, 5.41) is 7.01. The topological polar surface area (TPSA) is 19.6 Å². The van der Waals surface area contributed by atoms with Gasteiger partial charge in [0, 0.05) is 39.1 Å². The van der Waals surface area contributed by atoms with Gasteiger partial charge >= 0.3 is 0 Å². The third-order valence-corrected chi connectivity index (χ3v) is 15.4. The minimum Gasteiger partial charge on any atom is -0.454 e. The van der Waals surface area contributed by atoms with Crippen LogP contribution in [0.4, 0.5) is 34.1 Å². The van der Waals surface area contributed by atoms with E-state index in [1.54, 1.807) is 0 Å². The fourth-order valence-electron chi connectivity index (χ4n) is 12.3. The first-order valence-electron chi connectivity index (χ1n) is 24.8. The Bertz CT molecular complexity index is 4290. The Balaban J connectivity index is 1.00. The minimum absolute atomic E-state index is 0.641. The standard InChI is InChI=1S/C69H44N2O/c1-3-19-46(20-4-1)60-41-48-22-9-10-23-49(48)42-66(60)71(51-35-34-45-18-7-8-21-47(45)40-51)53-37-39-57-55-27-12-15-31-62(55)69(64(57)44-53)61-30-14-11-26-54(61)56-38-36-52(43-63(56)69)70(50-24-5-2-6-25-50)65-32-17-29-59-58-28-13-16-33-67(58)72-68(59)65/h1-44H. The number of furan rings is 1. The maximum Gasteiger partial charge on any atom is 0.159 e. The van der Waals surface area contributed by atoms with Gasteiger partial charge in [-0.1, -0.05) is 194 Å². The highest BCUT2D eigenvalue weighted by atomic mass is 16.3. The van der Waals surface area contributed by atoms with Crippen molar-refractivity contribution in [2.24, 2.45) is 0 Å². The smallest absolute Gasteiger partial charge is 0.159 e. The molecule has 0 fully saturated rings.